The lowest BCUT2D eigenvalue weighted by atomic mass is 10.2. The molecule has 3 rings (SSSR count). The third kappa shape index (κ3) is 2.53. The molecule has 7 heteroatoms. The molecule has 0 bridgehead atoms. The van der Waals surface area contributed by atoms with Crippen molar-refractivity contribution in [3.05, 3.63) is 33.8 Å². The minimum absolute atomic E-state index is 0.0404. The first-order valence-corrected chi connectivity index (χ1v) is 6.63. The highest BCUT2D eigenvalue weighted by atomic mass is 16.5. The molecule has 2 aromatic heterocycles. The molecule has 108 valence electrons. The maximum atomic E-state index is 12.1. The average molecular weight is 286 g/mol. The topological polar surface area (TPSA) is 95.2 Å². The van der Waals surface area contributed by atoms with Crippen molar-refractivity contribution in [1.82, 2.24) is 9.97 Å². The van der Waals surface area contributed by atoms with Crippen LogP contribution in [0.1, 0.15) is 11.3 Å². The van der Waals surface area contributed by atoms with Crippen LogP contribution in [0.3, 0.4) is 0 Å². The van der Waals surface area contributed by atoms with E-state index in [1.54, 1.807) is 19.1 Å². The fraction of sp³-hybridized carbons (Fsp3) is 0.357. The van der Waals surface area contributed by atoms with Crippen LogP contribution in [0.5, 0.6) is 0 Å². The predicted molar refractivity (Wildman–Crippen MR) is 75.0 cm³/mol. The van der Waals surface area contributed by atoms with Gasteiger partial charge in [0, 0.05) is 13.1 Å². The van der Waals surface area contributed by atoms with Gasteiger partial charge >= 0.3 is 0 Å². The van der Waals surface area contributed by atoms with Crippen molar-refractivity contribution >= 4 is 5.95 Å². The van der Waals surface area contributed by atoms with Crippen LogP contribution in [0.4, 0.5) is 5.95 Å². The summed E-state index contributed by atoms with van der Waals surface area (Å²) >= 11 is 0. The van der Waals surface area contributed by atoms with Crippen molar-refractivity contribution in [2.45, 2.75) is 6.92 Å². The van der Waals surface area contributed by atoms with Crippen molar-refractivity contribution in [3.63, 3.8) is 0 Å². The van der Waals surface area contributed by atoms with E-state index in [0.717, 1.165) is 0 Å². The third-order valence-electron chi connectivity index (χ3n) is 3.30. The molecular formula is C14H14N4O3. The zero-order valence-electron chi connectivity index (χ0n) is 11.5. The van der Waals surface area contributed by atoms with Crippen LogP contribution in [0.25, 0.3) is 11.5 Å². The number of aromatic nitrogens is 2. The van der Waals surface area contributed by atoms with E-state index < -0.39 is 5.56 Å². The Hall–Kier alpha value is -2.59. The molecule has 21 heavy (non-hydrogen) atoms. The summed E-state index contributed by atoms with van der Waals surface area (Å²) in [5.74, 6) is 1.56. The summed E-state index contributed by atoms with van der Waals surface area (Å²) in [4.78, 5) is 21.1. The Morgan fingerprint density at radius 1 is 1.38 bits per heavy atom. The number of hydrogen-bond acceptors (Lipinski definition) is 6. The number of nitrogens with one attached hydrogen (secondary N) is 1. The molecule has 2 aromatic rings. The van der Waals surface area contributed by atoms with Crippen molar-refractivity contribution in [1.29, 1.82) is 5.26 Å². The normalized spacial score (nSPS) is 15.0. The highest BCUT2D eigenvalue weighted by Gasteiger charge is 2.20. The molecule has 7 nitrogen and oxygen atoms in total. The zero-order chi connectivity index (χ0) is 14.8. The molecule has 0 saturated carbocycles. The quantitative estimate of drug-likeness (QED) is 0.886. The second kappa shape index (κ2) is 5.42. The van der Waals surface area contributed by atoms with Gasteiger partial charge in [-0.1, -0.05) is 0 Å². The number of furan rings is 1. The Balaban J connectivity index is 2.11. The second-order valence-electron chi connectivity index (χ2n) is 4.73. The predicted octanol–water partition coefficient (Wildman–Crippen LogP) is 1.05. The molecule has 0 spiro atoms. The Morgan fingerprint density at radius 2 is 2.14 bits per heavy atom. The number of anilines is 1. The van der Waals surface area contributed by atoms with Gasteiger partial charge in [0.05, 0.1) is 13.2 Å². The van der Waals surface area contributed by atoms with Gasteiger partial charge in [0.1, 0.15) is 23.1 Å². The van der Waals surface area contributed by atoms with Gasteiger partial charge in [-0.05, 0) is 19.1 Å². The van der Waals surface area contributed by atoms with E-state index in [9.17, 15) is 10.1 Å². The monoisotopic (exact) mass is 286 g/mol. The summed E-state index contributed by atoms with van der Waals surface area (Å²) in [6, 6.07) is 5.37. The van der Waals surface area contributed by atoms with Crippen molar-refractivity contribution in [2.75, 3.05) is 31.2 Å². The molecule has 3 heterocycles. The molecule has 1 aliphatic heterocycles. The fourth-order valence-corrected chi connectivity index (χ4v) is 2.23. The van der Waals surface area contributed by atoms with Crippen molar-refractivity contribution in [3.8, 4) is 17.5 Å². The van der Waals surface area contributed by atoms with Gasteiger partial charge in [0.2, 0.25) is 5.95 Å². The molecule has 1 N–H and O–H groups in total. The number of nitriles is 1. The minimum Gasteiger partial charge on any atom is -0.460 e. The average Bonchev–Trinajstić information content (AvgIpc) is 2.94. The Bertz CT molecular complexity index is 750. The van der Waals surface area contributed by atoms with Crippen LogP contribution in [-0.4, -0.2) is 36.3 Å². The van der Waals surface area contributed by atoms with Crippen LogP contribution in [0.2, 0.25) is 0 Å². The number of aryl methyl sites for hydroxylation is 1. The van der Waals surface area contributed by atoms with Crippen LogP contribution in [0.15, 0.2) is 21.3 Å². The van der Waals surface area contributed by atoms with E-state index >= 15 is 0 Å². The molecule has 0 aliphatic carbocycles. The van der Waals surface area contributed by atoms with Gasteiger partial charge in [0.25, 0.3) is 5.56 Å². The number of H-pyrrole nitrogens is 1. The molecule has 1 fully saturated rings. The molecule has 0 radical (unpaired) electrons. The van der Waals surface area contributed by atoms with E-state index in [2.05, 4.69) is 9.97 Å². The zero-order valence-corrected chi connectivity index (χ0v) is 11.5. The van der Waals surface area contributed by atoms with E-state index in [-0.39, 0.29) is 11.3 Å². The first kappa shape index (κ1) is 13.4. The first-order valence-electron chi connectivity index (χ1n) is 6.63. The number of aromatic amines is 1. The highest BCUT2D eigenvalue weighted by Crippen LogP contribution is 2.23. The number of nitrogens with zero attached hydrogens (tertiary/aromatic N) is 3. The summed E-state index contributed by atoms with van der Waals surface area (Å²) in [6.45, 7) is 4.25. The van der Waals surface area contributed by atoms with E-state index in [4.69, 9.17) is 9.15 Å². The summed E-state index contributed by atoms with van der Waals surface area (Å²) < 4.78 is 10.8. The Labute approximate surface area is 120 Å². The number of hydrogen-bond donors (Lipinski definition) is 1. The number of morpholine rings is 1. The molecule has 0 unspecified atom stereocenters. The lowest BCUT2D eigenvalue weighted by molar-refractivity contribution is 0.122. The van der Waals surface area contributed by atoms with Crippen LogP contribution >= 0.6 is 0 Å². The van der Waals surface area contributed by atoms with Crippen LogP contribution in [0, 0.1) is 18.3 Å². The molecular weight excluding hydrogens is 272 g/mol. The minimum atomic E-state index is -0.460. The Morgan fingerprint density at radius 3 is 2.76 bits per heavy atom. The standard InChI is InChI=1S/C14H14N4O3/c1-9-2-3-11(21-9)12-10(8-15)13(19)17-14(16-12)18-4-6-20-7-5-18/h2-3H,4-7H2,1H3,(H,16,17,19). The van der Waals surface area contributed by atoms with Gasteiger partial charge in [-0.2, -0.15) is 5.26 Å². The van der Waals surface area contributed by atoms with Crippen LogP contribution in [-0.2, 0) is 4.74 Å². The summed E-state index contributed by atoms with van der Waals surface area (Å²) in [7, 11) is 0. The van der Waals surface area contributed by atoms with Gasteiger partial charge in [-0.15, -0.1) is 0 Å². The van der Waals surface area contributed by atoms with E-state index in [1.807, 2.05) is 11.0 Å². The summed E-state index contributed by atoms with van der Waals surface area (Å²) in [5.41, 5.74) is -0.227. The molecule has 1 saturated heterocycles. The Kier molecular flexibility index (Phi) is 3.46. The largest absolute Gasteiger partial charge is 0.460 e. The van der Waals surface area contributed by atoms with Crippen LogP contribution < -0.4 is 10.5 Å². The second-order valence-corrected chi connectivity index (χ2v) is 4.73. The van der Waals surface area contributed by atoms with E-state index in [0.29, 0.717) is 43.8 Å². The summed E-state index contributed by atoms with van der Waals surface area (Å²) in [5, 5.41) is 9.18. The molecule has 0 atom stereocenters. The maximum Gasteiger partial charge on any atom is 0.271 e. The lowest BCUT2D eigenvalue weighted by Crippen LogP contribution is -2.38. The smallest absolute Gasteiger partial charge is 0.271 e. The SMILES string of the molecule is Cc1ccc(-c2nc(N3CCOCC3)[nH]c(=O)c2C#N)o1. The van der Waals surface area contributed by atoms with Gasteiger partial charge in [0.15, 0.2) is 5.76 Å². The summed E-state index contributed by atoms with van der Waals surface area (Å²) in [6.07, 6.45) is 0. The highest BCUT2D eigenvalue weighted by molar-refractivity contribution is 5.62. The van der Waals surface area contributed by atoms with Gasteiger partial charge in [-0.25, -0.2) is 4.98 Å². The van der Waals surface area contributed by atoms with Crippen molar-refractivity contribution < 1.29 is 9.15 Å². The lowest BCUT2D eigenvalue weighted by Gasteiger charge is -2.27. The van der Waals surface area contributed by atoms with Gasteiger partial charge < -0.3 is 14.1 Å². The van der Waals surface area contributed by atoms with E-state index in [1.165, 1.54) is 0 Å². The number of rotatable bonds is 2. The maximum absolute atomic E-state index is 12.1. The molecule has 0 aromatic carbocycles. The molecule has 0 amide bonds. The molecule has 1 aliphatic rings. The van der Waals surface area contributed by atoms with Crippen molar-refractivity contribution in [2.24, 2.45) is 0 Å². The fourth-order valence-electron chi connectivity index (χ4n) is 2.23. The van der Waals surface area contributed by atoms with Gasteiger partial charge in [-0.3, -0.25) is 9.78 Å². The third-order valence-corrected chi connectivity index (χ3v) is 3.30. The number of ether oxygens (including phenoxy) is 1. The first-order chi connectivity index (χ1) is 10.2.